The van der Waals surface area contributed by atoms with E-state index in [-0.39, 0.29) is 26.5 Å². The van der Waals surface area contributed by atoms with E-state index >= 15 is 0 Å². The third-order valence-corrected chi connectivity index (χ3v) is 7.31. The van der Waals surface area contributed by atoms with Gasteiger partial charge in [-0.15, -0.1) is 39.1 Å². The molecule has 4 aromatic heterocycles. The van der Waals surface area contributed by atoms with Crippen molar-refractivity contribution in [2.24, 2.45) is 10.2 Å². The average molecular weight is 513 g/mol. The number of nitrogen functional groups attached to an aromatic ring is 1. The fraction of sp³-hybridized carbons (Fsp3) is 0.0455. The van der Waals surface area contributed by atoms with Crippen molar-refractivity contribution >= 4 is 60.7 Å². The Morgan fingerprint density at radius 2 is 1.79 bits per heavy atom. The van der Waals surface area contributed by atoms with Crippen LogP contribution in [0.3, 0.4) is 0 Å². The summed E-state index contributed by atoms with van der Waals surface area (Å²) in [6, 6.07) is 13.2. The number of nitrogens with two attached hydrogens (primary N) is 1. The van der Waals surface area contributed by atoms with E-state index < -0.39 is 11.7 Å². The van der Waals surface area contributed by atoms with Gasteiger partial charge in [0.05, 0.1) is 32.9 Å². The van der Waals surface area contributed by atoms with Gasteiger partial charge in [0.25, 0.3) is 0 Å². The number of rotatable bonds is 4. The van der Waals surface area contributed by atoms with E-state index in [2.05, 4.69) is 20.2 Å². The molecule has 5 aromatic rings. The molecule has 0 saturated heterocycles. The lowest BCUT2D eigenvalue weighted by molar-refractivity contribution is -0.136. The number of hydrogen-bond donors (Lipinski definition) is 1. The summed E-state index contributed by atoms with van der Waals surface area (Å²) in [5, 5.41) is 21.5. The molecule has 0 aliphatic carbocycles. The number of halogens is 3. The van der Waals surface area contributed by atoms with Gasteiger partial charge in [-0.3, -0.25) is 0 Å². The molecule has 0 saturated carbocycles. The molecule has 168 valence electrons. The lowest BCUT2D eigenvalue weighted by Crippen LogP contribution is -2.06. The van der Waals surface area contributed by atoms with Crippen LogP contribution in [0.2, 0.25) is 0 Å². The average Bonchev–Trinajstić information content (AvgIpc) is 3.56. The summed E-state index contributed by atoms with van der Waals surface area (Å²) in [5.74, 6) is 0. The van der Waals surface area contributed by atoms with E-state index in [9.17, 15) is 18.4 Å². The molecule has 0 fully saturated rings. The first kappa shape index (κ1) is 22.1. The molecule has 0 atom stereocenters. The first-order valence-electron chi connectivity index (χ1n) is 9.55. The SMILES string of the molecule is N#Cc1sc2nc(-c3cccs3)cc(C(F)(F)F)c2c1N=Nc1ccc(-c2csc(N)n2)cc1. The Labute approximate surface area is 202 Å². The number of benzene rings is 1. The molecule has 2 N–H and O–H groups in total. The molecular formula is C22H11F3N6S3. The summed E-state index contributed by atoms with van der Waals surface area (Å²) in [4.78, 5) is 9.28. The summed E-state index contributed by atoms with van der Waals surface area (Å²) >= 11 is 3.47. The maximum atomic E-state index is 14.0. The highest BCUT2D eigenvalue weighted by atomic mass is 32.1. The number of hydrogen-bond acceptors (Lipinski definition) is 9. The van der Waals surface area contributed by atoms with Gasteiger partial charge in [-0.2, -0.15) is 23.5 Å². The van der Waals surface area contributed by atoms with Gasteiger partial charge >= 0.3 is 6.18 Å². The van der Waals surface area contributed by atoms with E-state index in [4.69, 9.17) is 5.73 Å². The van der Waals surface area contributed by atoms with Crippen LogP contribution < -0.4 is 5.73 Å². The molecule has 0 radical (unpaired) electrons. The molecule has 4 heterocycles. The fourth-order valence-corrected chi connectivity index (χ4v) is 5.44. The minimum Gasteiger partial charge on any atom is -0.375 e. The second kappa shape index (κ2) is 8.60. The van der Waals surface area contributed by atoms with Gasteiger partial charge in [0.15, 0.2) is 5.13 Å². The molecule has 0 aliphatic heterocycles. The minimum absolute atomic E-state index is 0.00893. The highest BCUT2D eigenvalue weighted by Gasteiger charge is 2.36. The maximum absolute atomic E-state index is 14.0. The number of anilines is 1. The van der Waals surface area contributed by atoms with Crippen LogP contribution in [0.15, 0.2) is 63.5 Å². The molecular weight excluding hydrogens is 501 g/mol. The number of aromatic nitrogens is 2. The van der Waals surface area contributed by atoms with Crippen LogP contribution in [0.25, 0.3) is 32.0 Å². The molecule has 12 heteroatoms. The number of azo groups is 1. The Morgan fingerprint density at radius 3 is 2.41 bits per heavy atom. The van der Waals surface area contributed by atoms with Crippen LogP contribution in [0.4, 0.5) is 29.7 Å². The highest BCUT2D eigenvalue weighted by Crippen LogP contribution is 2.46. The number of thiophene rings is 2. The smallest absolute Gasteiger partial charge is 0.375 e. The second-order valence-corrected chi connectivity index (χ2v) is 9.76. The van der Waals surface area contributed by atoms with E-state index in [1.54, 1.807) is 41.8 Å². The third kappa shape index (κ3) is 4.16. The molecule has 0 bridgehead atoms. The lowest BCUT2D eigenvalue weighted by Gasteiger charge is -2.10. The first-order valence-corrected chi connectivity index (χ1v) is 12.1. The summed E-state index contributed by atoms with van der Waals surface area (Å²) in [6.07, 6.45) is -4.66. The van der Waals surface area contributed by atoms with Crippen LogP contribution in [-0.4, -0.2) is 9.97 Å². The molecule has 1 aromatic carbocycles. The van der Waals surface area contributed by atoms with Crippen molar-refractivity contribution in [3.05, 3.63) is 63.7 Å². The fourth-order valence-electron chi connectivity index (χ4n) is 3.25. The molecule has 0 amide bonds. The molecule has 6 nitrogen and oxygen atoms in total. The molecule has 0 spiro atoms. The Hall–Kier alpha value is -3.66. The van der Waals surface area contributed by atoms with Gasteiger partial charge in [-0.05, 0) is 29.6 Å². The second-order valence-electron chi connectivity index (χ2n) is 6.92. The Bertz CT molecular complexity index is 1560. The van der Waals surface area contributed by atoms with Gasteiger partial charge in [-0.1, -0.05) is 18.2 Å². The number of thiazole rings is 1. The molecule has 0 unspecified atom stereocenters. The Balaban J connectivity index is 1.59. The predicted molar refractivity (Wildman–Crippen MR) is 129 cm³/mol. The quantitative estimate of drug-likeness (QED) is 0.246. The maximum Gasteiger partial charge on any atom is 0.417 e. The summed E-state index contributed by atoms with van der Waals surface area (Å²) < 4.78 is 42.0. The Kier molecular flexibility index (Phi) is 5.60. The van der Waals surface area contributed by atoms with Crippen molar-refractivity contribution in [1.29, 1.82) is 5.26 Å². The zero-order chi connectivity index (χ0) is 23.9. The summed E-state index contributed by atoms with van der Waals surface area (Å²) in [6.45, 7) is 0. The number of nitriles is 1. The topological polar surface area (TPSA) is 100 Å². The predicted octanol–water partition coefficient (Wildman–Crippen LogP) is 8.04. The van der Waals surface area contributed by atoms with Crippen LogP contribution in [-0.2, 0) is 6.18 Å². The van der Waals surface area contributed by atoms with E-state index in [1.807, 2.05) is 11.4 Å². The number of pyridine rings is 1. The van der Waals surface area contributed by atoms with Crippen LogP contribution in [0.1, 0.15) is 10.4 Å². The molecule has 5 rings (SSSR count). The number of fused-ring (bicyclic) bond motifs is 1. The zero-order valence-electron chi connectivity index (χ0n) is 16.9. The van der Waals surface area contributed by atoms with Crippen LogP contribution in [0, 0.1) is 11.3 Å². The van der Waals surface area contributed by atoms with E-state index in [0.717, 1.165) is 23.0 Å². The third-order valence-electron chi connectivity index (χ3n) is 4.77. The van der Waals surface area contributed by atoms with E-state index in [1.165, 1.54) is 22.7 Å². The lowest BCUT2D eigenvalue weighted by atomic mass is 10.1. The van der Waals surface area contributed by atoms with Gasteiger partial charge in [0, 0.05) is 10.9 Å². The van der Waals surface area contributed by atoms with E-state index in [0.29, 0.717) is 21.4 Å². The number of nitrogens with zero attached hydrogens (tertiary/aromatic N) is 5. The van der Waals surface area contributed by atoms with Crippen molar-refractivity contribution in [2.75, 3.05) is 5.73 Å². The zero-order valence-corrected chi connectivity index (χ0v) is 19.3. The standard InChI is InChI=1S/C22H11F3N6S3/c23-22(24,25)13-8-14(16-2-1-7-32-16)28-20-18(13)19(17(9-26)34-20)31-30-12-5-3-11(4-6-12)15-10-33-21(27)29-15/h1-8,10H,(H2,27,29). The van der Waals surface area contributed by atoms with Gasteiger partial charge in [-0.25, -0.2) is 9.97 Å². The van der Waals surface area contributed by atoms with Crippen LogP contribution >= 0.6 is 34.0 Å². The Morgan fingerprint density at radius 1 is 1.00 bits per heavy atom. The van der Waals surface area contributed by atoms with Gasteiger partial charge in [0.1, 0.15) is 21.5 Å². The highest BCUT2D eigenvalue weighted by molar-refractivity contribution is 7.20. The van der Waals surface area contributed by atoms with Gasteiger partial charge < -0.3 is 5.73 Å². The monoisotopic (exact) mass is 512 g/mol. The van der Waals surface area contributed by atoms with Crippen molar-refractivity contribution < 1.29 is 13.2 Å². The van der Waals surface area contributed by atoms with Crippen molar-refractivity contribution in [3.63, 3.8) is 0 Å². The summed E-state index contributed by atoms with van der Waals surface area (Å²) in [5.41, 5.74) is 6.76. The minimum atomic E-state index is -4.66. The largest absolute Gasteiger partial charge is 0.417 e. The van der Waals surface area contributed by atoms with Gasteiger partial charge in [0.2, 0.25) is 0 Å². The molecule has 0 aliphatic rings. The normalized spacial score (nSPS) is 11.9. The number of alkyl halides is 3. The van der Waals surface area contributed by atoms with Crippen molar-refractivity contribution in [3.8, 4) is 27.9 Å². The summed E-state index contributed by atoms with van der Waals surface area (Å²) in [7, 11) is 0. The van der Waals surface area contributed by atoms with Crippen molar-refractivity contribution in [1.82, 2.24) is 9.97 Å². The first-order chi connectivity index (χ1) is 16.3. The molecule has 34 heavy (non-hydrogen) atoms. The van der Waals surface area contributed by atoms with Crippen molar-refractivity contribution in [2.45, 2.75) is 6.18 Å². The van der Waals surface area contributed by atoms with Crippen LogP contribution in [0.5, 0.6) is 0 Å².